The van der Waals surface area contributed by atoms with Crippen molar-refractivity contribution >= 4 is 45.7 Å². The van der Waals surface area contributed by atoms with E-state index in [2.05, 4.69) is 4.98 Å². The summed E-state index contributed by atoms with van der Waals surface area (Å²) in [5, 5.41) is 7.82. The van der Waals surface area contributed by atoms with Crippen molar-refractivity contribution in [3.63, 3.8) is 0 Å². The zero-order valence-electron chi connectivity index (χ0n) is 18.6. The summed E-state index contributed by atoms with van der Waals surface area (Å²) in [6.45, 7) is 2.03. The van der Waals surface area contributed by atoms with Crippen LogP contribution in [0.4, 0.5) is 0 Å². The van der Waals surface area contributed by atoms with Crippen molar-refractivity contribution in [2.75, 3.05) is 7.11 Å². The zero-order chi connectivity index (χ0) is 23.8. The van der Waals surface area contributed by atoms with Crippen LogP contribution in [0, 0.1) is 6.92 Å². The first-order valence-electron chi connectivity index (χ1n) is 10.8. The van der Waals surface area contributed by atoms with Crippen LogP contribution in [0.15, 0.2) is 77.9 Å². The van der Waals surface area contributed by atoms with Crippen molar-refractivity contribution in [1.29, 1.82) is 0 Å². The van der Waals surface area contributed by atoms with Crippen LogP contribution in [0.25, 0.3) is 10.9 Å². The van der Waals surface area contributed by atoms with Gasteiger partial charge in [0.1, 0.15) is 10.9 Å². The first kappa shape index (κ1) is 22.4. The highest BCUT2D eigenvalue weighted by Gasteiger charge is 2.36. The number of hydrazone groups is 1. The summed E-state index contributed by atoms with van der Waals surface area (Å²) < 4.78 is 5.31. The maximum absolute atomic E-state index is 13.6. The number of aryl methyl sites for hydroxylation is 1. The Morgan fingerprint density at radius 3 is 2.53 bits per heavy atom. The van der Waals surface area contributed by atoms with E-state index in [0.717, 1.165) is 33.3 Å². The van der Waals surface area contributed by atoms with Gasteiger partial charge < -0.3 is 4.74 Å². The molecule has 1 amide bonds. The minimum atomic E-state index is -0.424. The number of methoxy groups -OCH3 is 1. The van der Waals surface area contributed by atoms with Gasteiger partial charge in [-0.25, -0.2) is 9.99 Å². The third kappa shape index (κ3) is 4.13. The highest BCUT2D eigenvalue weighted by molar-refractivity contribution is 6.34. The Kier molecular flexibility index (Phi) is 5.98. The number of ether oxygens (including phenoxy) is 1. The van der Waals surface area contributed by atoms with Crippen molar-refractivity contribution in [3.8, 4) is 5.75 Å². The molecule has 0 N–H and O–H groups in total. The molecule has 5 rings (SSSR count). The van der Waals surface area contributed by atoms with Gasteiger partial charge in [-0.2, -0.15) is 5.10 Å². The maximum atomic E-state index is 13.6. The molecule has 2 heterocycles. The van der Waals surface area contributed by atoms with Gasteiger partial charge >= 0.3 is 0 Å². The van der Waals surface area contributed by atoms with E-state index in [1.54, 1.807) is 31.4 Å². The molecule has 0 bridgehead atoms. The second kappa shape index (κ2) is 9.09. The largest absolute Gasteiger partial charge is 0.497 e. The fourth-order valence-corrected chi connectivity index (χ4v) is 4.61. The molecule has 170 valence electrons. The molecule has 1 unspecified atom stereocenters. The summed E-state index contributed by atoms with van der Waals surface area (Å²) >= 11 is 13.0. The fourth-order valence-electron chi connectivity index (χ4n) is 4.12. The number of carbonyl (C=O) groups excluding carboxylic acids is 1. The van der Waals surface area contributed by atoms with Gasteiger partial charge in [0.2, 0.25) is 0 Å². The van der Waals surface area contributed by atoms with E-state index >= 15 is 0 Å². The second-order valence-corrected chi connectivity index (χ2v) is 8.95. The summed E-state index contributed by atoms with van der Waals surface area (Å²) in [7, 11) is 1.61. The molecule has 1 aliphatic heterocycles. The third-order valence-electron chi connectivity index (χ3n) is 5.97. The lowest BCUT2D eigenvalue weighted by atomic mass is 9.97. The van der Waals surface area contributed by atoms with Gasteiger partial charge in [0, 0.05) is 23.4 Å². The summed E-state index contributed by atoms with van der Waals surface area (Å²) in [6.07, 6.45) is 0.502. The number of carbonyl (C=O) groups is 1. The summed E-state index contributed by atoms with van der Waals surface area (Å²) in [5.41, 5.74) is 4.74. The minimum absolute atomic E-state index is 0.288. The number of hydrogen-bond donors (Lipinski definition) is 0. The SMILES string of the molecule is COc1ccc2cc(C3CC(c4ccc(C)cc4)=NN3C(=O)c3ccccc3Cl)c(Cl)nc2c1. The van der Waals surface area contributed by atoms with Crippen molar-refractivity contribution < 1.29 is 9.53 Å². The van der Waals surface area contributed by atoms with E-state index in [4.69, 9.17) is 33.0 Å². The van der Waals surface area contributed by atoms with Crippen LogP contribution < -0.4 is 4.74 Å². The molecular weight excluding hydrogens is 469 g/mol. The molecule has 0 saturated carbocycles. The van der Waals surface area contributed by atoms with E-state index in [9.17, 15) is 4.79 Å². The van der Waals surface area contributed by atoms with Crippen LogP contribution >= 0.6 is 23.2 Å². The third-order valence-corrected chi connectivity index (χ3v) is 6.60. The Morgan fingerprint density at radius 2 is 1.79 bits per heavy atom. The molecule has 0 aliphatic carbocycles. The Labute approximate surface area is 207 Å². The zero-order valence-corrected chi connectivity index (χ0v) is 20.1. The highest BCUT2D eigenvalue weighted by Crippen LogP contribution is 2.39. The van der Waals surface area contributed by atoms with Gasteiger partial charge in [-0.1, -0.05) is 65.2 Å². The predicted octanol–water partition coefficient (Wildman–Crippen LogP) is 6.85. The minimum Gasteiger partial charge on any atom is -0.497 e. The molecule has 1 aliphatic rings. The predicted molar refractivity (Wildman–Crippen MR) is 136 cm³/mol. The summed E-state index contributed by atoms with van der Waals surface area (Å²) in [4.78, 5) is 18.2. The number of nitrogens with zero attached hydrogens (tertiary/aromatic N) is 3. The number of rotatable bonds is 4. The Morgan fingerprint density at radius 1 is 1.03 bits per heavy atom. The lowest BCUT2D eigenvalue weighted by Gasteiger charge is -2.23. The molecule has 3 aromatic carbocycles. The fraction of sp³-hybridized carbons (Fsp3) is 0.148. The first-order valence-corrected chi connectivity index (χ1v) is 11.6. The summed E-state index contributed by atoms with van der Waals surface area (Å²) in [5.74, 6) is 0.411. The molecule has 34 heavy (non-hydrogen) atoms. The van der Waals surface area contributed by atoms with E-state index < -0.39 is 6.04 Å². The van der Waals surface area contributed by atoms with Gasteiger partial charge in [-0.15, -0.1) is 0 Å². The lowest BCUT2D eigenvalue weighted by Crippen LogP contribution is -2.27. The van der Waals surface area contributed by atoms with Crippen molar-refractivity contribution in [2.45, 2.75) is 19.4 Å². The molecule has 4 aromatic rings. The quantitative estimate of drug-likeness (QED) is 0.294. The number of pyridine rings is 1. The number of amides is 1. The van der Waals surface area contributed by atoms with Crippen LogP contribution in [0.5, 0.6) is 5.75 Å². The number of hydrogen-bond acceptors (Lipinski definition) is 4. The molecule has 0 spiro atoms. The van der Waals surface area contributed by atoms with Crippen LogP contribution in [-0.4, -0.2) is 28.7 Å². The van der Waals surface area contributed by atoms with E-state index in [1.165, 1.54) is 5.01 Å². The average Bonchev–Trinajstić information content (AvgIpc) is 3.28. The number of fused-ring (bicyclic) bond motifs is 1. The van der Waals surface area contributed by atoms with Gasteiger partial charge in [-0.3, -0.25) is 4.79 Å². The standard InChI is InChI=1S/C27H21Cl2N3O2/c1-16-7-9-17(10-8-16)24-15-25(32(31-24)27(33)20-5-3-4-6-22(20)28)21-13-18-11-12-19(34-2)14-23(18)30-26(21)29/h3-14,25H,15H2,1-2H3. The van der Waals surface area contributed by atoms with E-state index in [-0.39, 0.29) is 5.91 Å². The molecule has 1 aromatic heterocycles. The molecular formula is C27H21Cl2N3O2. The van der Waals surface area contributed by atoms with Gasteiger partial charge in [-0.05, 0) is 42.8 Å². The first-order chi connectivity index (χ1) is 16.4. The molecule has 0 fully saturated rings. The smallest absolute Gasteiger partial charge is 0.276 e. The van der Waals surface area contributed by atoms with E-state index in [1.807, 2.05) is 55.5 Å². The molecule has 0 radical (unpaired) electrons. The normalized spacial score (nSPS) is 15.5. The number of halogens is 2. The van der Waals surface area contributed by atoms with Crippen LogP contribution in [-0.2, 0) is 0 Å². The van der Waals surface area contributed by atoms with Crippen molar-refractivity contribution in [3.05, 3.63) is 105 Å². The Hall–Kier alpha value is -3.41. The van der Waals surface area contributed by atoms with E-state index in [0.29, 0.717) is 27.9 Å². The van der Waals surface area contributed by atoms with Gasteiger partial charge in [0.25, 0.3) is 5.91 Å². The Balaban J connectivity index is 1.61. The van der Waals surface area contributed by atoms with Crippen LogP contribution in [0.2, 0.25) is 10.2 Å². The Bertz CT molecular complexity index is 1430. The molecule has 1 atom stereocenters. The summed E-state index contributed by atoms with van der Waals surface area (Å²) in [6, 6.07) is 22.2. The second-order valence-electron chi connectivity index (χ2n) is 8.19. The molecule has 0 saturated heterocycles. The topological polar surface area (TPSA) is 54.8 Å². The van der Waals surface area contributed by atoms with Crippen molar-refractivity contribution in [1.82, 2.24) is 9.99 Å². The van der Waals surface area contributed by atoms with Crippen LogP contribution in [0.1, 0.15) is 39.5 Å². The van der Waals surface area contributed by atoms with Crippen LogP contribution in [0.3, 0.4) is 0 Å². The van der Waals surface area contributed by atoms with Crippen molar-refractivity contribution in [2.24, 2.45) is 5.10 Å². The lowest BCUT2D eigenvalue weighted by molar-refractivity contribution is 0.0711. The van der Waals surface area contributed by atoms with Gasteiger partial charge in [0.05, 0.1) is 35.0 Å². The number of benzene rings is 3. The highest BCUT2D eigenvalue weighted by atomic mass is 35.5. The number of aromatic nitrogens is 1. The maximum Gasteiger partial charge on any atom is 0.276 e. The molecule has 7 heteroatoms. The average molecular weight is 490 g/mol. The van der Waals surface area contributed by atoms with Gasteiger partial charge in [0.15, 0.2) is 0 Å². The molecule has 5 nitrogen and oxygen atoms in total. The monoisotopic (exact) mass is 489 g/mol.